The third kappa shape index (κ3) is 3.37. The van der Waals surface area contributed by atoms with Crippen molar-refractivity contribution in [2.24, 2.45) is 0 Å². The Morgan fingerprint density at radius 1 is 1.33 bits per heavy atom. The van der Waals surface area contributed by atoms with E-state index >= 15 is 0 Å². The van der Waals surface area contributed by atoms with Gasteiger partial charge in [-0.05, 0) is 32.0 Å². The van der Waals surface area contributed by atoms with E-state index in [1.165, 1.54) is 16.4 Å². The Kier molecular flexibility index (Phi) is 4.57. The summed E-state index contributed by atoms with van der Waals surface area (Å²) in [6.07, 6.45) is -0.463. The summed E-state index contributed by atoms with van der Waals surface area (Å²) in [6, 6.07) is 3.64. The van der Waals surface area contributed by atoms with Gasteiger partial charge in [-0.2, -0.15) is 4.31 Å². The molecule has 116 valence electrons. The van der Waals surface area contributed by atoms with Crippen LogP contribution in [-0.2, 0) is 14.8 Å². The Morgan fingerprint density at radius 2 is 1.90 bits per heavy atom. The van der Waals surface area contributed by atoms with Gasteiger partial charge in [0.25, 0.3) is 0 Å². The predicted octanol–water partition coefficient (Wildman–Crippen LogP) is 1.84. The van der Waals surface area contributed by atoms with Crippen LogP contribution in [0.5, 0.6) is 0 Å². The van der Waals surface area contributed by atoms with Crippen molar-refractivity contribution in [2.75, 3.05) is 13.1 Å². The van der Waals surface area contributed by atoms with E-state index in [0.717, 1.165) is 6.07 Å². The summed E-state index contributed by atoms with van der Waals surface area (Å²) in [5, 5.41) is 9.00. The van der Waals surface area contributed by atoms with Gasteiger partial charge in [-0.1, -0.05) is 11.6 Å². The monoisotopic (exact) mass is 333 g/mol. The van der Waals surface area contributed by atoms with E-state index in [1.807, 2.05) is 0 Å². The summed E-state index contributed by atoms with van der Waals surface area (Å²) in [5.74, 6) is -1.20. The molecule has 21 heavy (non-hydrogen) atoms. The second-order valence-corrected chi connectivity index (χ2v) is 7.34. The number of sulfonamides is 1. The number of ether oxygens (including phenoxy) is 1. The van der Waals surface area contributed by atoms with Gasteiger partial charge in [0.1, 0.15) is 4.90 Å². The molecule has 0 radical (unpaired) electrons. The van der Waals surface area contributed by atoms with Crippen molar-refractivity contribution in [3.63, 3.8) is 0 Å². The number of hydrogen-bond acceptors (Lipinski definition) is 4. The van der Waals surface area contributed by atoms with E-state index in [4.69, 9.17) is 21.4 Å². The van der Waals surface area contributed by atoms with Crippen LogP contribution in [0.4, 0.5) is 0 Å². The second-order valence-electron chi connectivity index (χ2n) is 5.03. The minimum absolute atomic E-state index is 0.00629. The highest BCUT2D eigenvalue weighted by Crippen LogP contribution is 2.28. The molecule has 1 aliphatic heterocycles. The van der Waals surface area contributed by atoms with E-state index in [1.54, 1.807) is 13.8 Å². The molecule has 2 atom stereocenters. The number of halogens is 1. The molecule has 1 heterocycles. The Labute approximate surface area is 128 Å². The summed E-state index contributed by atoms with van der Waals surface area (Å²) in [7, 11) is -3.86. The lowest BCUT2D eigenvalue weighted by atomic mass is 10.2. The molecule has 0 amide bonds. The first-order valence-electron chi connectivity index (χ1n) is 6.40. The Bertz CT molecular complexity index is 651. The van der Waals surface area contributed by atoms with Gasteiger partial charge in [-0.15, -0.1) is 0 Å². The van der Waals surface area contributed by atoms with Crippen LogP contribution in [0.1, 0.15) is 24.2 Å². The van der Waals surface area contributed by atoms with E-state index < -0.39 is 16.0 Å². The number of morpholine rings is 1. The Balaban J connectivity index is 2.44. The molecule has 0 unspecified atom stereocenters. The molecule has 0 bridgehead atoms. The number of aromatic carboxylic acids is 1. The molecule has 8 heteroatoms. The van der Waals surface area contributed by atoms with Gasteiger partial charge < -0.3 is 9.84 Å². The van der Waals surface area contributed by atoms with Crippen molar-refractivity contribution in [3.8, 4) is 0 Å². The fourth-order valence-electron chi connectivity index (χ4n) is 2.30. The molecule has 1 aromatic carbocycles. The highest BCUT2D eigenvalue weighted by atomic mass is 35.5. The summed E-state index contributed by atoms with van der Waals surface area (Å²) in [4.78, 5) is 10.8. The number of hydrogen-bond donors (Lipinski definition) is 1. The van der Waals surface area contributed by atoms with Crippen LogP contribution >= 0.6 is 11.6 Å². The average molecular weight is 334 g/mol. The maximum absolute atomic E-state index is 12.7. The van der Waals surface area contributed by atoms with E-state index in [0.29, 0.717) is 0 Å². The Hall–Kier alpha value is -1.15. The zero-order chi connectivity index (χ0) is 15.8. The van der Waals surface area contributed by atoms with Crippen LogP contribution in [0.15, 0.2) is 23.1 Å². The van der Waals surface area contributed by atoms with Crippen LogP contribution in [0.25, 0.3) is 0 Å². The summed E-state index contributed by atoms with van der Waals surface area (Å²) < 4.78 is 32.1. The molecule has 1 fully saturated rings. The smallest absolute Gasteiger partial charge is 0.335 e. The molecule has 0 aliphatic carbocycles. The van der Waals surface area contributed by atoms with Crippen molar-refractivity contribution in [1.82, 2.24) is 4.31 Å². The lowest BCUT2D eigenvalue weighted by Crippen LogP contribution is -2.48. The molecule has 1 aliphatic rings. The van der Waals surface area contributed by atoms with Gasteiger partial charge in [-0.25, -0.2) is 13.2 Å². The van der Waals surface area contributed by atoms with Crippen molar-refractivity contribution < 1.29 is 23.1 Å². The van der Waals surface area contributed by atoms with Gasteiger partial charge in [0.05, 0.1) is 22.8 Å². The number of carbonyl (C=O) groups is 1. The fourth-order valence-corrected chi connectivity index (χ4v) is 4.39. The summed E-state index contributed by atoms with van der Waals surface area (Å²) in [5.41, 5.74) is -0.118. The average Bonchev–Trinajstić information content (AvgIpc) is 2.37. The maximum Gasteiger partial charge on any atom is 0.335 e. The zero-order valence-corrected chi connectivity index (χ0v) is 13.2. The minimum atomic E-state index is -3.86. The second kappa shape index (κ2) is 5.92. The largest absolute Gasteiger partial charge is 0.478 e. The first kappa shape index (κ1) is 16.2. The van der Waals surface area contributed by atoms with Crippen molar-refractivity contribution in [2.45, 2.75) is 31.0 Å². The van der Waals surface area contributed by atoms with Crippen LogP contribution < -0.4 is 0 Å². The standard InChI is InChI=1S/C13H16ClNO5S/c1-8-6-15(7-9(2)20-8)21(18,19)12-5-10(13(16)17)3-4-11(12)14/h3-5,8-9H,6-7H2,1-2H3,(H,16,17)/t8-,9-/m1/s1. The van der Waals surface area contributed by atoms with Gasteiger partial charge in [0.15, 0.2) is 0 Å². The number of rotatable bonds is 3. The molecule has 2 rings (SSSR count). The molecule has 1 aromatic rings. The Morgan fingerprint density at radius 3 is 2.43 bits per heavy atom. The highest BCUT2D eigenvalue weighted by molar-refractivity contribution is 7.89. The SMILES string of the molecule is C[C@@H]1CN(S(=O)(=O)c2cc(C(=O)O)ccc2Cl)C[C@@H](C)O1. The molecule has 0 saturated carbocycles. The van der Waals surface area contributed by atoms with Crippen LogP contribution in [0.3, 0.4) is 0 Å². The first-order chi connectivity index (χ1) is 9.71. The number of carboxylic acids is 1. The van der Waals surface area contributed by atoms with E-state index in [9.17, 15) is 13.2 Å². The highest BCUT2D eigenvalue weighted by Gasteiger charge is 2.33. The van der Waals surface area contributed by atoms with Gasteiger partial charge in [0, 0.05) is 13.1 Å². The predicted molar refractivity (Wildman–Crippen MR) is 77.2 cm³/mol. The van der Waals surface area contributed by atoms with Gasteiger partial charge >= 0.3 is 5.97 Å². The van der Waals surface area contributed by atoms with E-state index in [2.05, 4.69) is 0 Å². The maximum atomic E-state index is 12.7. The topological polar surface area (TPSA) is 83.9 Å². The number of benzene rings is 1. The van der Waals surface area contributed by atoms with Crippen LogP contribution in [0, 0.1) is 0 Å². The summed E-state index contributed by atoms with van der Waals surface area (Å²) in [6.45, 7) is 3.99. The minimum Gasteiger partial charge on any atom is -0.478 e. The van der Waals surface area contributed by atoms with Crippen molar-refractivity contribution >= 4 is 27.6 Å². The molecular weight excluding hydrogens is 318 g/mol. The molecule has 0 spiro atoms. The molecular formula is C13H16ClNO5S. The quantitative estimate of drug-likeness (QED) is 0.912. The van der Waals surface area contributed by atoms with Crippen molar-refractivity contribution in [1.29, 1.82) is 0 Å². The summed E-state index contributed by atoms with van der Waals surface area (Å²) >= 11 is 5.95. The third-order valence-electron chi connectivity index (χ3n) is 3.18. The molecule has 1 N–H and O–H groups in total. The first-order valence-corrected chi connectivity index (χ1v) is 8.22. The molecule has 6 nitrogen and oxygen atoms in total. The lowest BCUT2D eigenvalue weighted by Gasteiger charge is -2.34. The molecule has 0 aromatic heterocycles. The normalized spacial score (nSPS) is 24.0. The van der Waals surface area contributed by atoms with Gasteiger partial charge in [0.2, 0.25) is 10.0 Å². The van der Waals surface area contributed by atoms with E-state index in [-0.39, 0.29) is 40.8 Å². The molecule has 1 saturated heterocycles. The van der Waals surface area contributed by atoms with Gasteiger partial charge in [-0.3, -0.25) is 0 Å². The lowest BCUT2D eigenvalue weighted by molar-refractivity contribution is -0.0440. The fraction of sp³-hybridized carbons (Fsp3) is 0.462. The van der Waals surface area contributed by atoms with Crippen LogP contribution in [0.2, 0.25) is 5.02 Å². The van der Waals surface area contributed by atoms with Crippen molar-refractivity contribution in [3.05, 3.63) is 28.8 Å². The number of nitrogens with zero attached hydrogens (tertiary/aromatic N) is 1. The third-order valence-corrected chi connectivity index (χ3v) is 5.50. The zero-order valence-electron chi connectivity index (χ0n) is 11.6. The number of carboxylic acid groups (broad SMARTS) is 1. The van der Waals surface area contributed by atoms with Crippen LogP contribution in [-0.4, -0.2) is 49.1 Å².